The fourth-order valence-corrected chi connectivity index (χ4v) is 3.04. The van der Waals surface area contributed by atoms with Crippen LogP contribution < -0.4 is 15.5 Å². The second kappa shape index (κ2) is 5.83. The summed E-state index contributed by atoms with van der Waals surface area (Å²) in [6.45, 7) is 6.81. The normalized spacial score (nSPS) is 22.1. The number of hydrogen-bond acceptors (Lipinski definition) is 3. The van der Waals surface area contributed by atoms with Crippen molar-refractivity contribution in [2.24, 2.45) is 5.41 Å². The molecule has 4 heteroatoms. The SMILES string of the molecule is CNCc1ccc(N2CCC(C)(C(=O)NC)C2)c(C)c1. The maximum absolute atomic E-state index is 12.0. The second-order valence-electron chi connectivity index (χ2n) is 5.96. The van der Waals surface area contributed by atoms with Crippen molar-refractivity contribution in [2.45, 2.75) is 26.8 Å². The summed E-state index contributed by atoms with van der Waals surface area (Å²) < 4.78 is 0. The molecule has 1 aliphatic rings. The Balaban J connectivity index is 2.16. The van der Waals surface area contributed by atoms with Gasteiger partial charge in [-0.2, -0.15) is 0 Å². The van der Waals surface area contributed by atoms with E-state index in [4.69, 9.17) is 0 Å². The van der Waals surface area contributed by atoms with E-state index in [2.05, 4.69) is 47.6 Å². The number of hydrogen-bond donors (Lipinski definition) is 2. The average Bonchev–Trinajstić information content (AvgIpc) is 2.82. The van der Waals surface area contributed by atoms with Crippen molar-refractivity contribution in [3.8, 4) is 0 Å². The lowest BCUT2D eigenvalue weighted by Gasteiger charge is -2.25. The van der Waals surface area contributed by atoms with Crippen LogP contribution in [0, 0.1) is 12.3 Å². The number of carbonyl (C=O) groups is 1. The largest absolute Gasteiger partial charge is 0.370 e. The van der Waals surface area contributed by atoms with Gasteiger partial charge in [-0.3, -0.25) is 4.79 Å². The first-order valence-corrected chi connectivity index (χ1v) is 7.21. The van der Waals surface area contributed by atoms with Gasteiger partial charge in [-0.05, 0) is 44.5 Å². The molecule has 1 saturated heterocycles. The number of benzene rings is 1. The van der Waals surface area contributed by atoms with Crippen molar-refractivity contribution in [3.05, 3.63) is 29.3 Å². The van der Waals surface area contributed by atoms with Crippen LogP contribution in [-0.2, 0) is 11.3 Å². The van der Waals surface area contributed by atoms with Gasteiger partial charge in [0.1, 0.15) is 0 Å². The predicted octanol–water partition coefficient (Wildman–Crippen LogP) is 1.68. The Morgan fingerprint density at radius 1 is 1.40 bits per heavy atom. The number of amides is 1. The van der Waals surface area contributed by atoms with Crippen LogP contribution >= 0.6 is 0 Å². The molecule has 4 nitrogen and oxygen atoms in total. The Labute approximate surface area is 121 Å². The Hall–Kier alpha value is -1.55. The van der Waals surface area contributed by atoms with Crippen LogP contribution in [0.3, 0.4) is 0 Å². The molecule has 1 atom stereocenters. The average molecular weight is 275 g/mol. The third kappa shape index (κ3) is 2.80. The molecule has 1 heterocycles. The van der Waals surface area contributed by atoms with Gasteiger partial charge in [0, 0.05) is 32.4 Å². The maximum Gasteiger partial charge on any atom is 0.227 e. The summed E-state index contributed by atoms with van der Waals surface area (Å²) in [6, 6.07) is 6.56. The summed E-state index contributed by atoms with van der Waals surface area (Å²) >= 11 is 0. The molecule has 0 saturated carbocycles. The van der Waals surface area contributed by atoms with Gasteiger partial charge in [-0.1, -0.05) is 12.1 Å². The quantitative estimate of drug-likeness (QED) is 0.878. The maximum atomic E-state index is 12.0. The third-order valence-electron chi connectivity index (χ3n) is 4.23. The Kier molecular flexibility index (Phi) is 4.33. The van der Waals surface area contributed by atoms with Gasteiger partial charge in [0.15, 0.2) is 0 Å². The first-order valence-electron chi connectivity index (χ1n) is 7.21. The highest BCUT2D eigenvalue weighted by Crippen LogP contribution is 2.34. The monoisotopic (exact) mass is 275 g/mol. The van der Waals surface area contributed by atoms with Crippen LogP contribution in [0.5, 0.6) is 0 Å². The van der Waals surface area contributed by atoms with Crippen molar-refractivity contribution in [1.29, 1.82) is 0 Å². The van der Waals surface area contributed by atoms with Gasteiger partial charge in [0.25, 0.3) is 0 Å². The summed E-state index contributed by atoms with van der Waals surface area (Å²) in [5.74, 6) is 0.143. The van der Waals surface area contributed by atoms with E-state index in [1.54, 1.807) is 7.05 Å². The molecule has 1 amide bonds. The second-order valence-corrected chi connectivity index (χ2v) is 5.96. The molecule has 1 aromatic carbocycles. The molecule has 0 spiro atoms. The highest BCUT2D eigenvalue weighted by Gasteiger charge is 2.40. The number of rotatable bonds is 4. The predicted molar refractivity (Wildman–Crippen MR) is 82.9 cm³/mol. The number of carbonyl (C=O) groups excluding carboxylic acids is 1. The summed E-state index contributed by atoms with van der Waals surface area (Å²) in [5.41, 5.74) is 3.54. The molecular formula is C16H25N3O. The highest BCUT2D eigenvalue weighted by atomic mass is 16.2. The Bertz CT molecular complexity index is 500. The van der Waals surface area contributed by atoms with E-state index in [-0.39, 0.29) is 11.3 Å². The van der Waals surface area contributed by atoms with E-state index < -0.39 is 0 Å². The van der Waals surface area contributed by atoms with E-state index in [0.29, 0.717) is 0 Å². The molecule has 0 aromatic heterocycles. The molecule has 1 aromatic rings. The molecule has 0 bridgehead atoms. The first kappa shape index (κ1) is 14.9. The summed E-state index contributed by atoms with van der Waals surface area (Å²) in [6.07, 6.45) is 0.907. The number of nitrogens with zero attached hydrogens (tertiary/aromatic N) is 1. The summed E-state index contributed by atoms with van der Waals surface area (Å²) in [4.78, 5) is 14.3. The van der Waals surface area contributed by atoms with Crippen LogP contribution in [0.4, 0.5) is 5.69 Å². The van der Waals surface area contributed by atoms with E-state index in [1.807, 2.05) is 7.05 Å². The molecule has 20 heavy (non-hydrogen) atoms. The zero-order valence-electron chi connectivity index (χ0n) is 12.9. The standard InChI is InChI=1S/C16H25N3O/c1-12-9-13(10-17-3)5-6-14(12)19-8-7-16(2,11-19)15(20)18-4/h5-6,9,17H,7-8,10-11H2,1-4H3,(H,18,20). The third-order valence-corrected chi connectivity index (χ3v) is 4.23. The van der Waals surface area contributed by atoms with Crippen LogP contribution in [0.2, 0.25) is 0 Å². The van der Waals surface area contributed by atoms with Crippen molar-refractivity contribution in [2.75, 3.05) is 32.1 Å². The molecule has 1 unspecified atom stereocenters. The number of anilines is 1. The topological polar surface area (TPSA) is 44.4 Å². The van der Waals surface area contributed by atoms with Crippen molar-refractivity contribution >= 4 is 11.6 Å². The van der Waals surface area contributed by atoms with E-state index in [0.717, 1.165) is 26.1 Å². The molecule has 0 aliphatic carbocycles. The molecule has 110 valence electrons. The zero-order chi connectivity index (χ0) is 14.8. The minimum absolute atomic E-state index is 0.143. The van der Waals surface area contributed by atoms with Crippen molar-refractivity contribution < 1.29 is 4.79 Å². The summed E-state index contributed by atoms with van der Waals surface area (Å²) in [7, 11) is 3.67. The van der Waals surface area contributed by atoms with Gasteiger partial charge in [0.2, 0.25) is 5.91 Å². The van der Waals surface area contributed by atoms with Gasteiger partial charge in [0.05, 0.1) is 5.41 Å². The lowest BCUT2D eigenvalue weighted by Crippen LogP contribution is -2.39. The van der Waals surface area contributed by atoms with Gasteiger partial charge in [-0.25, -0.2) is 0 Å². The van der Waals surface area contributed by atoms with E-state index >= 15 is 0 Å². The highest BCUT2D eigenvalue weighted by molar-refractivity contribution is 5.83. The molecule has 2 N–H and O–H groups in total. The molecule has 2 rings (SSSR count). The molecule has 0 radical (unpaired) electrons. The van der Waals surface area contributed by atoms with Crippen LogP contribution in [0.1, 0.15) is 24.5 Å². The van der Waals surface area contributed by atoms with Gasteiger partial charge in [-0.15, -0.1) is 0 Å². The fraction of sp³-hybridized carbons (Fsp3) is 0.562. The molecular weight excluding hydrogens is 250 g/mol. The number of nitrogens with one attached hydrogen (secondary N) is 2. The molecule has 1 fully saturated rings. The van der Waals surface area contributed by atoms with E-state index in [1.165, 1.54) is 16.8 Å². The first-order chi connectivity index (χ1) is 9.50. The minimum atomic E-state index is -0.273. The Morgan fingerprint density at radius 3 is 2.75 bits per heavy atom. The molecule has 1 aliphatic heterocycles. The van der Waals surface area contributed by atoms with Crippen LogP contribution in [0.25, 0.3) is 0 Å². The lowest BCUT2D eigenvalue weighted by atomic mass is 9.89. The van der Waals surface area contributed by atoms with E-state index in [9.17, 15) is 4.79 Å². The minimum Gasteiger partial charge on any atom is -0.370 e. The van der Waals surface area contributed by atoms with Gasteiger partial charge < -0.3 is 15.5 Å². The van der Waals surface area contributed by atoms with Crippen LogP contribution in [0.15, 0.2) is 18.2 Å². The number of aryl methyl sites for hydroxylation is 1. The van der Waals surface area contributed by atoms with Crippen LogP contribution in [-0.4, -0.2) is 33.1 Å². The van der Waals surface area contributed by atoms with Crippen molar-refractivity contribution in [1.82, 2.24) is 10.6 Å². The fourth-order valence-electron chi connectivity index (χ4n) is 3.04. The van der Waals surface area contributed by atoms with Gasteiger partial charge >= 0.3 is 0 Å². The zero-order valence-corrected chi connectivity index (χ0v) is 12.9. The lowest BCUT2D eigenvalue weighted by molar-refractivity contribution is -0.128. The Morgan fingerprint density at radius 2 is 2.15 bits per heavy atom. The smallest absolute Gasteiger partial charge is 0.227 e. The summed E-state index contributed by atoms with van der Waals surface area (Å²) in [5, 5.41) is 5.96. The van der Waals surface area contributed by atoms with Crippen molar-refractivity contribution in [3.63, 3.8) is 0 Å².